The Morgan fingerprint density at radius 3 is 2.56 bits per heavy atom. The molecule has 2 N–H and O–H groups in total. The first kappa shape index (κ1) is 13.9. The number of ether oxygens (including phenoxy) is 1. The van der Waals surface area contributed by atoms with Crippen molar-refractivity contribution in [3.8, 4) is 0 Å². The lowest BCUT2D eigenvalue weighted by molar-refractivity contribution is 0.0509. The van der Waals surface area contributed by atoms with Crippen molar-refractivity contribution in [2.75, 3.05) is 26.7 Å². The fraction of sp³-hybridized carbons (Fsp3) is 1.00. The molecule has 0 aromatic heterocycles. The third kappa shape index (κ3) is 4.81. The minimum Gasteiger partial charge on any atom is -0.377 e. The van der Waals surface area contributed by atoms with Crippen LogP contribution in [0.5, 0.6) is 0 Å². The number of nitrogens with two attached hydrogens (primary N) is 1. The van der Waals surface area contributed by atoms with Crippen molar-refractivity contribution in [3.05, 3.63) is 0 Å². The van der Waals surface area contributed by atoms with Crippen LogP contribution < -0.4 is 5.73 Å². The fourth-order valence-corrected chi connectivity index (χ4v) is 2.56. The van der Waals surface area contributed by atoms with Crippen LogP contribution in [0.25, 0.3) is 0 Å². The molecular formula is C13H28N2O. The molecule has 0 bridgehead atoms. The van der Waals surface area contributed by atoms with Gasteiger partial charge in [-0.2, -0.15) is 0 Å². The molecule has 0 saturated heterocycles. The Labute approximate surface area is 100 Å². The zero-order valence-corrected chi connectivity index (χ0v) is 11.0. The molecule has 3 heteroatoms. The highest BCUT2D eigenvalue weighted by molar-refractivity contribution is 4.74. The van der Waals surface area contributed by atoms with Gasteiger partial charge in [0.25, 0.3) is 0 Å². The summed E-state index contributed by atoms with van der Waals surface area (Å²) in [6.45, 7) is 4.57. The van der Waals surface area contributed by atoms with Crippen molar-refractivity contribution >= 4 is 0 Å². The lowest BCUT2D eigenvalue weighted by Gasteiger charge is -2.32. The first-order valence-electron chi connectivity index (χ1n) is 6.79. The predicted octanol–water partition coefficient (Wildman–Crippen LogP) is 2.00. The zero-order chi connectivity index (χ0) is 11.8. The highest BCUT2D eigenvalue weighted by atomic mass is 16.5. The van der Waals surface area contributed by atoms with Crippen molar-refractivity contribution in [2.24, 2.45) is 5.73 Å². The number of rotatable bonds is 7. The maximum Gasteiger partial charge on any atom is 0.0709 e. The van der Waals surface area contributed by atoms with Gasteiger partial charge in [-0.05, 0) is 33.2 Å². The molecule has 0 amide bonds. The van der Waals surface area contributed by atoms with Crippen LogP contribution >= 0.6 is 0 Å². The highest BCUT2D eigenvalue weighted by Crippen LogP contribution is 2.21. The number of hydrogen-bond donors (Lipinski definition) is 1. The summed E-state index contributed by atoms with van der Waals surface area (Å²) in [5.74, 6) is 0. The maximum atomic E-state index is 5.68. The summed E-state index contributed by atoms with van der Waals surface area (Å²) in [6.07, 6.45) is 8.29. The highest BCUT2D eigenvalue weighted by Gasteiger charge is 2.18. The van der Waals surface area contributed by atoms with E-state index in [0.29, 0.717) is 6.54 Å². The molecule has 0 heterocycles. The molecule has 16 heavy (non-hydrogen) atoms. The summed E-state index contributed by atoms with van der Waals surface area (Å²) in [6, 6.07) is 0.800. The van der Waals surface area contributed by atoms with Gasteiger partial charge < -0.3 is 15.4 Å². The van der Waals surface area contributed by atoms with Crippen LogP contribution in [-0.4, -0.2) is 43.8 Å². The number of hydrogen-bond acceptors (Lipinski definition) is 3. The Morgan fingerprint density at radius 1 is 1.31 bits per heavy atom. The van der Waals surface area contributed by atoms with E-state index in [9.17, 15) is 0 Å². The lowest BCUT2D eigenvalue weighted by Crippen LogP contribution is -2.37. The van der Waals surface area contributed by atoms with Gasteiger partial charge in [0.15, 0.2) is 0 Å². The average Bonchev–Trinajstić information content (AvgIpc) is 2.35. The summed E-state index contributed by atoms with van der Waals surface area (Å²) in [7, 11) is 2.25. The summed E-state index contributed by atoms with van der Waals surface area (Å²) >= 11 is 0. The van der Waals surface area contributed by atoms with Crippen molar-refractivity contribution in [3.63, 3.8) is 0 Å². The summed E-state index contributed by atoms with van der Waals surface area (Å²) < 4.78 is 5.58. The Kier molecular flexibility index (Phi) is 7.01. The van der Waals surface area contributed by atoms with Gasteiger partial charge >= 0.3 is 0 Å². The largest absolute Gasteiger partial charge is 0.377 e. The lowest BCUT2D eigenvalue weighted by atomic mass is 9.94. The van der Waals surface area contributed by atoms with E-state index in [1.807, 2.05) is 6.92 Å². The van der Waals surface area contributed by atoms with E-state index in [4.69, 9.17) is 10.5 Å². The van der Waals surface area contributed by atoms with Gasteiger partial charge in [-0.1, -0.05) is 19.3 Å². The van der Waals surface area contributed by atoms with E-state index in [1.54, 1.807) is 0 Å². The van der Waals surface area contributed by atoms with E-state index in [0.717, 1.165) is 25.6 Å². The van der Waals surface area contributed by atoms with Gasteiger partial charge in [0.05, 0.1) is 6.10 Å². The summed E-state index contributed by atoms with van der Waals surface area (Å²) in [5, 5.41) is 0. The molecule has 1 saturated carbocycles. The standard InChI is InChI=1S/C13H28N2O/c1-3-16-13(11-14)9-10-15(2)12-7-5-4-6-8-12/h12-13H,3-11,14H2,1-2H3. The zero-order valence-electron chi connectivity index (χ0n) is 11.0. The Balaban J connectivity index is 2.19. The van der Waals surface area contributed by atoms with Crippen LogP contribution in [0, 0.1) is 0 Å². The van der Waals surface area contributed by atoms with Gasteiger partial charge in [0.2, 0.25) is 0 Å². The van der Waals surface area contributed by atoms with Gasteiger partial charge in [-0.3, -0.25) is 0 Å². The second-order valence-corrected chi connectivity index (χ2v) is 4.87. The molecule has 1 rings (SSSR count). The van der Waals surface area contributed by atoms with E-state index in [-0.39, 0.29) is 6.10 Å². The van der Waals surface area contributed by atoms with E-state index in [1.165, 1.54) is 32.1 Å². The van der Waals surface area contributed by atoms with Crippen LogP contribution in [-0.2, 0) is 4.74 Å². The van der Waals surface area contributed by atoms with E-state index >= 15 is 0 Å². The van der Waals surface area contributed by atoms with Crippen LogP contribution in [0.2, 0.25) is 0 Å². The predicted molar refractivity (Wildman–Crippen MR) is 68.6 cm³/mol. The molecule has 1 fully saturated rings. The molecule has 0 aromatic rings. The van der Waals surface area contributed by atoms with Crippen LogP contribution in [0.1, 0.15) is 45.4 Å². The molecular weight excluding hydrogens is 200 g/mol. The quantitative estimate of drug-likeness (QED) is 0.724. The summed E-state index contributed by atoms with van der Waals surface area (Å²) in [4.78, 5) is 2.50. The van der Waals surface area contributed by atoms with Gasteiger partial charge in [0, 0.05) is 25.7 Å². The van der Waals surface area contributed by atoms with Crippen molar-refractivity contribution < 1.29 is 4.74 Å². The SMILES string of the molecule is CCOC(CN)CCN(C)C1CCCCC1. The normalized spacial score (nSPS) is 20.2. The van der Waals surface area contributed by atoms with Gasteiger partial charge in [-0.25, -0.2) is 0 Å². The molecule has 0 aliphatic heterocycles. The Hall–Kier alpha value is -0.120. The van der Waals surface area contributed by atoms with Crippen LogP contribution in [0.15, 0.2) is 0 Å². The first-order valence-corrected chi connectivity index (χ1v) is 6.79. The van der Waals surface area contributed by atoms with Gasteiger partial charge in [-0.15, -0.1) is 0 Å². The third-order valence-electron chi connectivity index (χ3n) is 3.67. The molecule has 1 atom stereocenters. The molecule has 96 valence electrons. The molecule has 3 nitrogen and oxygen atoms in total. The molecule has 1 aliphatic carbocycles. The Bertz CT molecular complexity index is 169. The van der Waals surface area contributed by atoms with Crippen LogP contribution in [0.4, 0.5) is 0 Å². The minimum absolute atomic E-state index is 0.246. The third-order valence-corrected chi connectivity index (χ3v) is 3.67. The second-order valence-electron chi connectivity index (χ2n) is 4.87. The summed E-state index contributed by atoms with van der Waals surface area (Å²) in [5.41, 5.74) is 5.68. The van der Waals surface area contributed by atoms with E-state index < -0.39 is 0 Å². The Morgan fingerprint density at radius 2 is 2.00 bits per heavy atom. The monoisotopic (exact) mass is 228 g/mol. The molecule has 1 aliphatic rings. The fourth-order valence-electron chi connectivity index (χ4n) is 2.56. The molecule has 0 radical (unpaired) electrons. The first-order chi connectivity index (χ1) is 7.77. The topological polar surface area (TPSA) is 38.5 Å². The van der Waals surface area contributed by atoms with Crippen molar-refractivity contribution in [1.82, 2.24) is 4.90 Å². The number of nitrogens with zero attached hydrogens (tertiary/aromatic N) is 1. The van der Waals surface area contributed by atoms with E-state index in [2.05, 4.69) is 11.9 Å². The van der Waals surface area contributed by atoms with Crippen molar-refractivity contribution in [1.29, 1.82) is 0 Å². The average molecular weight is 228 g/mol. The molecule has 0 aromatic carbocycles. The van der Waals surface area contributed by atoms with Crippen molar-refractivity contribution in [2.45, 2.75) is 57.6 Å². The smallest absolute Gasteiger partial charge is 0.0709 e. The van der Waals surface area contributed by atoms with Gasteiger partial charge in [0.1, 0.15) is 0 Å². The minimum atomic E-state index is 0.246. The molecule has 0 spiro atoms. The van der Waals surface area contributed by atoms with Crippen LogP contribution in [0.3, 0.4) is 0 Å². The molecule has 1 unspecified atom stereocenters. The second kappa shape index (κ2) is 8.04. The maximum absolute atomic E-state index is 5.68.